The minimum Gasteiger partial charge on any atom is -0.494 e. The first-order valence-corrected chi connectivity index (χ1v) is 7.07. The van der Waals surface area contributed by atoms with Crippen molar-refractivity contribution in [3.05, 3.63) is 70.3 Å². The Labute approximate surface area is 127 Å². The standard InChI is InChI=1S/C18H15NO3/c1-2-21-14-10-7-13(8-11-14)9-12-17-19-18(20)15-5-3-4-6-16(15)22-17/h3-12H,2H2,1H3. The summed E-state index contributed by atoms with van der Waals surface area (Å²) in [5.41, 5.74) is 1.23. The Morgan fingerprint density at radius 1 is 1.09 bits per heavy atom. The Morgan fingerprint density at radius 3 is 2.64 bits per heavy atom. The lowest BCUT2D eigenvalue weighted by Crippen LogP contribution is -2.06. The van der Waals surface area contributed by atoms with Gasteiger partial charge in [0.25, 0.3) is 5.56 Å². The van der Waals surface area contributed by atoms with Crippen LogP contribution >= 0.6 is 0 Å². The van der Waals surface area contributed by atoms with E-state index in [1.807, 2.05) is 43.3 Å². The number of nitrogens with zero attached hydrogens (tertiary/aromatic N) is 1. The summed E-state index contributed by atoms with van der Waals surface area (Å²) >= 11 is 0. The summed E-state index contributed by atoms with van der Waals surface area (Å²) in [7, 11) is 0. The molecule has 1 heterocycles. The van der Waals surface area contributed by atoms with Gasteiger partial charge in [-0.05, 0) is 42.8 Å². The van der Waals surface area contributed by atoms with Crippen LogP contribution in [0.3, 0.4) is 0 Å². The van der Waals surface area contributed by atoms with Gasteiger partial charge in [-0.15, -0.1) is 0 Å². The molecule has 0 fully saturated rings. The molecule has 3 aromatic rings. The Hall–Kier alpha value is -2.88. The number of para-hydroxylation sites is 1. The second-order valence-corrected chi connectivity index (χ2v) is 4.69. The number of hydrogen-bond acceptors (Lipinski definition) is 4. The van der Waals surface area contributed by atoms with E-state index in [1.165, 1.54) is 0 Å². The number of benzene rings is 2. The lowest BCUT2D eigenvalue weighted by Gasteiger charge is -2.02. The maximum Gasteiger partial charge on any atom is 0.284 e. The van der Waals surface area contributed by atoms with Gasteiger partial charge in [-0.3, -0.25) is 4.79 Å². The van der Waals surface area contributed by atoms with Gasteiger partial charge < -0.3 is 9.15 Å². The van der Waals surface area contributed by atoms with Crippen molar-refractivity contribution in [1.29, 1.82) is 0 Å². The largest absolute Gasteiger partial charge is 0.494 e. The van der Waals surface area contributed by atoms with Crippen molar-refractivity contribution < 1.29 is 9.15 Å². The molecule has 0 unspecified atom stereocenters. The van der Waals surface area contributed by atoms with Crippen molar-refractivity contribution in [2.24, 2.45) is 0 Å². The molecular weight excluding hydrogens is 278 g/mol. The molecule has 2 aromatic carbocycles. The summed E-state index contributed by atoms with van der Waals surface area (Å²) in [5.74, 6) is 1.12. The van der Waals surface area contributed by atoms with Crippen LogP contribution in [0.1, 0.15) is 18.4 Å². The highest BCUT2D eigenvalue weighted by Gasteiger charge is 2.02. The van der Waals surface area contributed by atoms with Crippen molar-refractivity contribution in [2.75, 3.05) is 6.61 Å². The van der Waals surface area contributed by atoms with E-state index in [0.29, 0.717) is 17.6 Å². The monoisotopic (exact) mass is 293 g/mol. The molecule has 1 aromatic heterocycles. The molecule has 4 heteroatoms. The average Bonchev–Trinajstić information content (AvgIpc) is 2.55. The maximum atomic E-state index is 11.9. The van der Waals surface area contributed by atoms with Crippen LogP contribution in [-0.2, 0) is 0 Å². The van der Waals surface area contributed by atoms with E-state index < -0.39 is 0 Å². The topological polar surface area (TPSA) is 52.3 Å². The van der Waals surface area contributed by atoms with Crippen LogP contribution in [0.2, 0.25) is 0 Å². The minimum atomic E-state index is -0.284. The molecule has 0 atom stereocenters. The average molecular weight is 293 g/mol. The molecule has 0 aliphatic heterocycles. The van der Waals surface area contributed by atoms with Crippen LogP contribution in [0.25, 0.3) is 23.1 Å². The van der Waals surface area contributed by atoms with Crippen molar-refractivity contribution >= 4 is 23.1 Å². The molecule has 0 amide bonds. The van der Waals surface area contributed by atoms with Gasteiger partial charge in [0, 0.05) is 6.08 Å². The highest BCUT2D eigenvalue weighted by Crippen LogP contribution is 2.15. The summed E-state index contributed by atoms with van der Waals surface area (Å²) in [6, 6.07) is 14.7. The van der Waals surface area contributed by atoms with E-state index in [4.69, 9.17) is 9.15 Å². The first kappa shape index (κ1) is 14.1. The Balaban J connectivity index is 1.87. The fourth-order valence-corrected chi connectivity index (χ4v) is 2.11. The molecule has 4 nitrogen and oxygen atoms in total. The van der Waals surface area contributed by atoms with Gasteiger partial charge in [-0.2, -0.15) is 4.98 Å². The summed E-state index contributed by atoms with van der Waals surface area (Å²) in [6.45, 7) is 2.59. The number of aromatic nitrogens is 1. The summed E-state index contributed by atoms with van der Waals surface area (Å²) in [5, 5.41) is 0.487. The first-order valence-electron chi connectivity index (χ1n) is 7.07. The van der Waals surface area contributed by atoms with Crippen molar-refractivity contribution in [2.45, 2.75) is 6.92 Å². The highest BCUT2D eigenvalue weighted by molar-refractivity contribution is 5.76. The summed E-state index contributed by atoms with van der Waals surface area (Å²) in [4.78, 5) is 15.8. The third-order valence-corrected chi connectivity index (χ3v) is 3.15. The molecule has 0 aliphatic rings. The van der Waals surface area contributed by atoms with Gasteiger partial charge in [0.2, 0.25) is 5.89 Å². The Morgan fingerprint density at radius 2 is 1.86 bits per heavy atom. The molecule has 110 valence electrons. The molecule has 0 bridgehead atoms. The van der Waals surface area contributed by atoms with Crippen molar-refractivity contribution in [3.63, 3.8) is 0 Å². The molecular formula is C18H15NO3. The Bertz CT molecular complexity index is 863. The van der Waals surface area contributed by atoms with Gasteiger partial charge in [-0.25, -0.2) is 0 Å². The van der Waals surface area contributed by atoms with E-state index >= 15 is 0 Å². The van der Waals surface area contributed by atoms with Crippen molar-refractivity contribution in [1.82, 2.24) is 4.98 Å². The fourth-order valence-electron chi connectivity index (χ4n) is 2.11. The third-order valence-electron chi connectivity index (χ3n) is 3.15. The molecule has 0 N–H and O–H groups in total. The predicted molar refractivity (Wildman–Crippen MR) is 86.8 cm³/mol. The van der Waals surface area contributed by atoms with Gasteiger partial charge in [-0.1, -0.05) is 24.3 Å². The number of ether oxygens (including phenoxy) is 1. The second kappa shape index (κ2) is 6.26. The minimum absolute atomic E-state index is 0.284. The third kappa shape index (κ3) is 3.06. The zero-order valence-corrected chi connectivity index (χ0v) is 12.2. The number of rotatable bonds is 4. The molecule has 0 spiro atoms. The molecule has 0 saturated carbocycles. The lowest BCUT2D eigenvalue weighted by atomic mass is 10.2. The summed E-state index contributed by atoms with van der Waals surface area (Å²) in [6.07, 6.45) is 3.53. The van der Waals surface area contributed by atoms with Crippen LogP contribution in [0, 0.1) is 0 Å². The van der Waals surface area contributed by atoms with Crippen LogP contribution in [-0.4, -0.2) is 11.6 Å². The van der Waals surface area contributed by atoms with Gasteiger partial charge >= 0.3 is 0 Å². The van der Waals surface area contributed by atoms with E-state index in [2.05, 4.69) is 4.98 Å². The molecule has 3 rings (SSSR count). The number of fused-ring (bicyclic) bond motifs is 1. The van der Waals surface area contributed by atoms with E-state index in [-0.39, 0.29) is 11.4 Å². The lowest BCUT2D eigenvalue weighted by molar-refractivity contribution is 0.340. The van der Waals surface area contributed by atoms with E-state index in [1.54, 1.807) is 24.3 Å². The smallest absolute Gasteiger partial charge is 0.284 e. The molecule has 0 saturated heterocycles. The quantitative estimate of drug-likeness (QED) is 0.735. The Kier molecular flexibility index (Phi) is 4.01. The van der Waals surface area contributed by atoms with Crippen LogP contribution in [0.5, 0.6) is 5.75 Å². The molecule has 22 heavy (non-hydrogen) atoms. The van der Waals surface area contributed by atoms with Crippen molar-refractivity contribution in [3.8, 4) is 5.75 Å². The van der Waals surface area contributed by atoms with Gasteiger partial charge in [0.1, 0.15) is 11.3 Å². The molecule has 0 radical (unpaired) electrons. The fraction of sp³-hybridized carbons (Fsp3) is 0.111. The first-order chi connectivity index (χ1) is 10.8. The normalized spacial score (nSPS) is 11.1. The second-order valence-electron chi connectivity index (χ2n) is 4.69. The summed E-state index contributed by atoms with van der Waals surface area (Å²) < 4.78 is 11.0. The highest BCUT2D eigenvalue weighted by atomic mass is 16.5. The number of hydrogen-bond donors (Lipinski definition) is 0. The predicted octanol–water partition coefficient (Wildman–Crippen LogP) is 3.76. The molecule has 0 aliphatic carbocycles. The van der Waals surface area contributed by atoms with Crippen LogP contribution in [0.4, 0.5) is 0 Å². The maximum absolute atomic E-state index is 11.9. The SMILES string of the molecule is CCOc1ccc(C=Cc2nc(=O)c3ccccc3o2)cc1. The van der Waals surface area contributed by atoms with E-state index in [0.717, 1.165) is 11.3 Å². The van der Waals surface area contributed by atoms with E-state index in [9.17, 15) is 4.79 Å². The zero-order chi connectivity index (χ0) is 15.4. The van der Waals surface area contributed by atoms with Gasteiger partial charge in [0.15, 0.2) is 0 Å². The van der Waals surface area contributed by atoms with Crippen LogP contribution < -0.4 is 10.3 Å². The van der Waals surface area contributed by atoms with Crippen LogP contribution in [0.15, 0.2) is 57.7 Å². The zero-order valence-electron chi connectivity index (χ0n) is 12.2. The van der Waals surface area contributed by atoms with Gasteiger partial charge in [0.05, 0.1) is 12.0 Å².